The van der Waals surface area contributed by atoms with Crippen LogP contribution in [0.1, 0.15) is 58.9 Å². The van der Waals surface area contributed by atoms with Crippen molar-refractivity contribution < 1.29 is 30.8 Å². The Balaban J connectivity index is 2.48. The summed E-state index contributed by atoms with van der Waals surface area (Å²) >= 11 is 0. The summed E-state index contributed by atoms with van der Waals surface area (Å²) in [6.07, 6.45) is 3.85. The molecule has 0 aliphatic carbocycles. The first-order valence-electron chi connectivity index (χ1n) is 9.14. The number of anilines is 1. The largest absolute Gasteiger partial charge is 0.390 e. The van der Waals surface area contributed by atoms with Gasteiger partial charge in [-0.25, -0.2) is 0 Å². The third-order valence-electron chi connectivity index (χ3n) is 4.86. The van der Waals surface area contributed by atoms with Gasteiger partial charge in [-0.3, -0.25) is 10.4 Å². The molecule has 0 aliphatic heterocycles. The van der Waals surface area contributed by atoms with E-state index in [2.05, 4.69) is 4.98 Å². The Labute approximate surface area is 160 Å². The maximum absolute atomic E-state index is 10.5. The SMILES string of the molecule is C/C(=C\CCC(C)(O)[C@@H](O)Cc1c[nH]c(N(O)O)c1)CC[C@@H](O)C(C)(C)O. The summed E-state index contributed by atoms with van der Waals surface area (Å²) in [5.74, 6) is 0.0728. The van der Waals surface area contributed by atoms with Crippen molar-refractivity contribution in [1.82, 2.24) is 4.98 Å². The predicted molar refractivity (Wildman–Crippen MR) is 102 cm³/mol. The first kappa shape index (κ1) is 23.6. The van der Waals surface area contributed by atoms with Crippen LogP contribution in [0, 0.1) is 0 Å². The lowest BCUT2D eigenvalue weighted by Crippen LogP contribution is -2.40. The zero-order chi connectivity index (χ0) is 20.8. The van der Waals surface area contributed by atoms with Crippen LogP contribution in [0.15, 0.2) is 23.9 Å². The van der Waals surface area contributed by atoms with Crippen molar-refractivity contribution in [1.29, 1.82) is 0 Å². The van der Waals surface area contributed by atoms with E-state index in [1.807, 2.05) is 13.0 Å². The van der Waals surface area contributed by atoms with E-state index < -0.39 is 23.4 Å². The number of nitrogens with one attached hydrogen (secondary N) is 1. The van der Waals surface area contributed by atoms with Crippen LogP contribution in [0.3, 0.4) is 0 Å². The Morgan fingerprint density at radius 1 is 1.19 bits per heavy atom. The van der Waals surface area contributed by atoms with Gasteiger partial charge < -0.3 is 25.4 Å². The van der Waals surface area contributed by atoms with Gasteiger partial charge in [0.2, 0.25) is 0 Å². The van der Waals surface area contributed by atoms with Crippen LogP contribution in [0.4, 0.5) is 5.82 Å². The Hall–Kier alpha value is -1.42. The number of aromatic nitrogens is 1. The van der Waals surface area contributed by atoms with Gasteiger partial charge in [0.05, 0.1) is 23.4 Å². The summed E-state index contributed by atoms with van der Waals surface area (Å²) in [7, 11) is 0. The van der Waals surface area contributed by atoms with Crippen molar-refractivity contribution in [2.75, 3.05) is 5.23 Å². The number of aromatic amines is 1. The maximum atomic E-state index is 10.5. The van der Waals surface area contributed by atoms with Gasteiger partial charge >= 0.3 is 0 Å². The van der Waals surface area contributed by atoms with Crippen LogP contribution in [-0.4, -0.2) is 59.2 Å². The lowest BCUT2D eigenvalue weighted by molar-refractivity contribution is -0.0654. The molecule has 1 aromatic rings. The van der Waals surface area contributed by atoms with Crippen LogP contribution in [0.25, 0.3) is 0 Å². The summed E-state index contributed by atoms with van der Waals surface area (Å²) in [5.41, 5.74) is -0.753. The summed E-state index contributed by atoms with van der Waals surface area (Å²) in [6, 6.07) is 1.47. The molecule has 0 fully saturated rings. The smallest absolute Gasteiger partial charge is 0.161 e. The first-order valence-corrected chi connectivity index (χ1v) is 9.14. The minimum absolute atomic E-state index is 0.0452. The summed E-state index contributed by atoms with van der Waals surface area (Å²) < 4.78 is 0. The van der Waals surface area contributed by atoms with Crippen LogP contribution in [-0.2, 0) is 6.42 Å². The molecule has 0 saturated carbocycles. The van der Waals surface area contributed by atoms with Gasteiger partial charge in [0, 0.05) is 12.6 Å². The molecule has 0 spiro atoms. The summed E-state index contributed by atoms with van der Waals surface area (Å²) in [6.45, 7) is 6.64. The van der Waals surface area contributed by atoms with E-state index in [1.54, 1.807) is 20.8 Å². The van der Waals surface area contributed by atoms with E-state index >= 15 is 0 Å². The highest BCUT2D eigenvalue weighted by Crippen LogP contribution is 2.23. The summed E-state index contributed by atoms with van der Waals surface area (Å²) in [5, 5.41) is 58.3. The number of nitrogens with zero attached hydrogens (tertiary/aromatic N) is 1. The van der Waals surface area contributed by atoms with E-state index in [1.165, 1.54) is 12.3 Å². The topological polar surface area (TPSA) is 140 Å². The fraction of sp³-hybridized carbons (Fsp3) is 0.684. The molecule has 7 N–H and O–H groups in total. The number of rotatable bonds is 11. The summed E-state index contributed by atoms with van der Waals surface area (Å²) in [4.78, 5) is 2.64. The van der Waals surface area contributed by atoms with Gasteiger partial charge in [-0.1, -0.05) is 11.6 Å². The molecule has 0 aliphatic rings. The first-order chi connectivity index (χ1) is 12.3. The van der Waals surface area contributed by atoms with Gasteiger partial charge in [0.1, 0.15) is 0 Å². The van der Waals surface area contributed by atoms with Crippen molar-refractivity contribution in [2.45, 2.75) is 83.2 Å². The molecule has 8 nitrogen and oxygen atoms in total. The van der Waals surface area contributed by atoms with Gasteiger partial charge in [-0.15, -0.1) is 5.23 Å². The van der Waals surface area contributed by atoms with Gasteiger partial charge in [0.25, 0.3) is 0 Å². The number of aliphatic hydroxyl groups excluding tert-OH is 2. The standard InChI is InChI=1S/C19H34N2O6/c1-13(7-8-15(22)18(2,3)24)6-5-9-19(4,25)16(23)10-14-11-17(20-12-14)21(26)27/h6,11-12,15-16,20,22-27H,5,7-10H2,1-4H3/b13-6+/t15-,16+,19?/m1/s1. The molecule has 0 bridgehead atoms. The van der Waals surface area contributed by atoms with Crippen molar-refractivity contribution in [3.63, 3.8) is 0 Å². The number of H-pyrrole nitrogens is 1. The number of hydrogen-bond donors (Lipinski definition) is 7. The molecule has 8 heteroatoms. The van der Waals surface area contributed by atoms with Crippen LogP contribution >= 0.6 is 0 Å². The zero-order valence-electron chi connectivity index (χ0n) is 16.6. The third kappa shape index (κ3) is 8.00. The molecule has 156 valence electrons. The Kier molecular flexibility index (Phi) is 8.47. The second-order valence-corrected chi connectivity index (χ2v) is 8.06. The number of aliphatic hydroxyl groups is 4. The van der Waals surface area contributed by atoms with Gasteiger partial charge in [-0.2, -0.15) is 0 Å². The van der Waals surface area contributed by atoms with E-state index in [9.17, 15) is 20.4 Å². The normalized spacial score (nSPS) is 17.5. The zero-order valence-corrected chi connectivity index (χ0v) is 16.6. The highest BCUT2D eigenvalue weighted by molar-refractivity contribution is 5.37. The predicted octanol–water partition coefficient (Wildman–Crippen LogP) is 1.89. The highest BCUT2D eigenvalue weighted by Gasteiger charge is 2.30. The second-order valence-electron chi connectivity index (χ2n) is 8.06. The Morgan fingerprint density at radius 2 is 1.81 bits per heavy atom. The minimum atomic E-state index is -1.31. The minimum Gasteiger partial charge on any atom is -0.390 e. The molecular weight excluding hydrogens is 352 g/mol. The highest BCUT2D eigenvalue weighted by atomic mass is 16.8. The average Bonchev–Trinajstić information content (AvgIpc) is 3.00. The van der Waals surface area contributed by atoms with Crippen LogP contribution < -0.4 is 5.23 Å². The average molecular weight is 386 g/mol. The van der Waals surface area contributed by atoms with Crippen LogP contribution in [0.5, 0.6) is 0 Å². The molecule has 0 amide bonds. The fourth-order valence-electron chi connectivity index (χ4n) is 2.70. The van der Waals surface area contributed by atoms with E-state index in [0.717, 1.165) is 5.57 Å². The van der Waals surface area contributed by atoms with Crippen molar-refractivity contribution in [3.8, 4) is 0 Å². The van der Waals surface area contributed by atoms with Gasteiger partial charge in [0.15, 0.2) is 5.82 Å². The molecule has 1 unspecified atom stereocenters. The molecule has 0 radical (unpaired) electrons. The Bertz CT molecular complexity index is 604. The monoisotopic (exact) mass is 386 g/mol. The molecule has 1 heterocycles. The molecule has 0 aromatic carbocycles. The Morgan fingerprint density at radius 3 is 2.33 bits per heavy atom. The van der Waals surface area contributed by atoms with Crippen molar-refractivity contribution in [3.05, 3.63) is 29.5 Å². The molecule has 1 aromatic heterocycles. The quantitative estimate of drug-likeness (QED) is 0.227. The molecule has 0 saturated heterocycles. The molecule has 1 rings (SSSR count). The maximum Gasteiger partial charge on any atom is 0.161 e. The van der Waals surface area contributed by atoms with E-state index in [0.29, 0.717) is 31.2 Å². The molecular formula is C19H34N2O6. The fourth-order valence-corrected chi connectivity index (χ4v) is 2.70. The lowest BCUT2D eigenvalue weighted by Gasteiger charge is -2.28. The number of hydrogen-bond acceptors (Lipinski definition) is 7. The molecule has 27 heavy (non-hydrogen) atoms. The molecule has 3 atom stereocenters. The van der Waals surface area contributed by atoms with Gasteiger partial charge in [-0.05, 0) is 65.0 Å². The van der Waals surface area contributed by atoms with E-state index in [-0.39, 0.29) is 17.5 Å². The van der Waals surface area contributed by atoms with Crippen molar-refractivity contribution >= 4 is 5.82 Å². The lowest BCUT2D eigenvalue weighted by atomic mass is 9.89. The van der Waals surface area contributed by atoms with E-state index in [4.69, 9.17) is 10.4 Å². The van der Waals surface area contributed by atoms with Crippen molar-refractivity contribution in [2.24, 2.45) is 0 Å². The second kappa shape index (κ2) is 9.68. The third-order valence-corrected chi connectivity index (χ3v) is 4.86. The van der Waals surface area contributed by atoms with Crippen LogP contribution in [0.2, 0.25) is 0 Å². The number of allylic oxidation sites excluding steroid dienone is 2.